The third-order valence-corrected chi connectivity index (χ3v) is 4.61. The normalized spacial score (nSPS) is 20.9. The highest BCUT2D eigenvalue weighted by molar-refractivity contribution is 7.89. The van der Waals surface area contributed by atoms with Gasteiger partial charge in [0, 0.05) is 12.6 Å². The Bertz CT molecular complexity index is 566. The first-order valence-electron chi connectivity index (χ1n) is 6.19. The van der Waals surface area contributed by atoms with E-state index in [1.807, 2.05) is 0 Å². The summed E-state index contributed by atoms with van der Waals surface area (Å²) in [5.41, 5.74) is -0.970. The smallest absolute Gasteiger partial charge is 0.315 e. The SMILES string of the molecule is O=S(=O)(N[C@@H]1CCCNC1)c1cccc(C(F)(F)F)c1. The van der Waals surface area contributed by atoms with Crippen LogP contribution in [0.4, 0.5) is 13.2 Å². The highest BCUT2D eigenvalue weighted by Gasteiger charge is 2.32. The van der Waals surface area contributed by atoms with Crippen molar-refractivity contribution in [2.75, 3.05) is 13.1 Å². The van der Waals surface area contributed by atoms with Crippen LogP contribution in [0.5, 0.6) is 0 Å². The lowest BCUT2D eigenvalue weighted by Gasteiger charge is -2.23. The molecule has 0 unspecified atom stereocenters. The maximum atomic E-state index is 12.6. The molecule has 0 saturated carbocycles. The van der Waals surface area contributed by atoms with Gasteiger partial charge in [0.15, 0.2) is 0 Å². The highest BCUT2D eigenvalue weighted by Crippen LogP contribution is 2.30. The molecule has 4 nitrogen and oxygen atoms in total. The molecule has 0 aliphatic carbocycles. The summed E-state index contributed by atoms with van der Waals surface area (Å²) in [6, 6.07) is 3.47. The van der Waals surface area contributed by atoms with Crippen LogP contribution in [0.1, 0.15) is 18.4 Å². The third-order valence-electron chi connectivity index (χ3n) is 3.09. The van der Waals surface area contributed by atoms with Gasteiger partial charge in [0.2, 0.25) is 10.0 Å². The van der Waals surface area contributed by atoms with Crippen molar-refractivity contribution >= 4 is 10.0 Å². The molecule has 8 heteroatoms. The van der Waals surface area contributed by atoms with Gasteiger partial charge in [-0.3, -0.25) is 0 Å². The third kappa shape index (κ3) is 3.71. The van der Waals surface area contributed by atoms with E-state index in [2.05, 4.69) is 10.0 Å². The average Bonchev–Trinajstić information content (AvgIpc) is 2.38. The van der Waals surface area contributed by atoms with Crippen molar-refractivity contribution in [2.45, 2.75) is 30.0 Å². The lowest BCUT2D eigenvalue weighted by molar-refractivity contribution is -0.137. The van der Waals surface area contributed by atoms with Crippen molar-refractivity contribution in [3.05, 3.63) is 29.8 Å². The Morgan fingerprint density at radius 1 is 1.30 bits per heavy atom. The van der Waals surface area contributed by atoms with Gasteiger partial charge in [-0.25, -0.2) is 13.1 Å². The Morgan fingerprint density at radius 3 is 2.65 bits per heavy atom. The molecule has 112 valence electrons. The largest absolute Gasteiger partial charge is 0.416 e. The second-order valence-electron chi connectivity index (χ2n) is 4.69. The number of benzene rings is 1. The molecule has 0 radical (unpaired) electrons. The van der Waals surface area contributed by atoms with E-state index in [1.54, 1.807) is 0 Å². The molecule has 1 fully saturated rings. The number of sulfonamides is 1. The molecule has 0 aromatic heterocycles. The monoisotopic (exact) mass is 308 g/mol. The van der Waals surface area contributed by atoms with Crippen molar-refractivity contribution < 1.29 is 21.6 Å². The first-order chi connectivity index (χ1) is 9.29. The maximum absolute atomic E-state index is 12.6. The van der Waals surface area contributed by atoms with E-state index in [0.717, 1.165) is 31.2 Å². The fraction of sp³-hybridized carbons (Fsp3) is 0.500. The Balaban J connectivity index is 2.20. The summed E-state index contributed by atoms with van der Waals surface area (Å²) >= 11 is 0. The minimum absolute atomic E-state index is 0.289. The summed E-state index contributed by atoms with van der Waals surface area (Å²) in [7, 11) is -3.93. The molecule has 20 heavy (non-hydrogen) atoms. The van der Waals surface area contributed by atoms with Crippen LogP contribution >= 0.6 is 0 Å². The summed E-state index contributed by atoms with van der Waals surface area (Å²) in [5, 5.41) is 3.04. The molecule has 1 heterocycles. The summed E-state index contributed by atoms with van der Waals surface area (Å²) in [4.78, 5) is -0.363. The van der Waals surface area contributed by atoms with Crippen LogP contribution in [0.2, 0.25) is 0 Å². The van der Waals surface area contributed by atoms with Crippen molar-refractivity contribution in [1.29, 1.82) is 0 Å². The molecule has 0 bridgehead atoms. The highest BCUT2D eigenvalue weighted by atomic mass is 32.2. The molecule has 1 aliphatic rings. The summed E-state index contributed by atoms with van der Waals surface area (Å²) in [6.45, 7) is 1.31. The molecule has 1 aromatic carbocycles. The summed E-state index contributed by atoms with van der Waals surface area (Å²) in [5.74, 6) is 0. The van der Waals surface area contributed by atoms with Gasteiger partial charge in [-0.05, 0) is 37.6 Å². The van der Waals surface area contributed by atoms with E-state index < -0.39 is 21.8 Å². The second kappa shape index (κ2) is 5.71. The average molecular weight is 308 g/mol. The Morgan fingerprint density at radius 2 is 2.05 bits per heavy atom. The Hall–Kier alpha value is -1.12. The second-order valence-corrected chi connectivity index (χ2v) is 6.40. The standard InChI is InChI=1S/C12H15F3N2O2S/c13-12(14,15)9-3-1-5-11(7-9)20(18,19)17-10-4-2-6-16-8-10/h1,3,5,7,10,16-17H,2,4,6,8H2/t10-/m1/s1. The zero-order chi connectivity index (χ0) is 14.8. The van der Waals surface area contributed by atoms with Gasteiger partial charge < -0.3 is 5.32 Å². The van der Waals surface area contributed by atoms with Crippen LogP contribution in [-0.4, -0.2) is 27.5 Å². The minimum Gasteiger partial charge on any atom is -0.315 e. The topological polar surface area (TPSA) is 58.2 Å². The first kappa shape index (κ1) is 15.3. The lowest BCUT2D eigenvalue weighted by Crippen LogP contribution is -2.45. The zero-order valence-electron chi connectivity index (χ0n) is 10.6. The number of hydrogen-bond acceptors (Lipinski definition) is 3. The van der Waals surface area contributed by atoms with Crippen LogP contribution in [0, 0.1) is 0 Å². The number of hydrogen-bond donors (Lipinski definition) is 2. The minimum atomic E-state index is -4.56. The molecule has 1 saturated heterocycles. The van der Waals surface area contributed by atoms with Crippen molar-refractivity contribution in [3.8, 4) is 0 Å². The van der Waals surface area contributed by atoms with Crippen LogP contribution in [0.25, 0.3) is 0 Å². The van der Waals surface area contributed by atoms with Crippen molar-refractivity contribution in [1.82, 2.24) is 10.0 Å². The summed E-state index contributed by atoms with van der Waals surface area (Å²) < 4.78 is 64.3. The predicted octanol–water partition coefficient (Wildman–Crippen LogP) is 1.74. The van der Waals surface area contributed by atoms with Gasteiger partial charge in [-0.15, -0.1) is 0 Å². The fourth-order valence-electron chi connectivity index (χ4n) is 2.08. The van der Waals surface area contributed by atoms with Crippen LogP contribution in [-0.2, 0) is 16.2 Å². The van der Waals surface area contributed by atoms with Crippen LogP contribution in [0.15, 0.2) is 29.2 Å². The predicted molar refractivity (Wildman–Crippen MR) is 67.7 cm³/mol. The molecule has 1 atom stereocenters. The zero-order valence-corrected chi connectivity index (χ0v) is 11.4. The first-order valence-corrected chi connectivity index (χ1v) is 7.68. The van der Waals surface area contributed by atoms with Gasteiger partial charge in [0.05, 0.1) is 10.5 Å². The van der Waals surface area contributed by atoms with E-state index in [9.17, 15) is 21.6 Å². The number of alkyl halides is 3. The quantitative estimate of drug-likeness (QED) is 0.894. The van der Waals surface area contributed by atoms with E-state index >= 15 is 0 Å². The van der Waals surface area contributed by atoms with Gasteiger partial charge >= 0.3 is 6.18 Å². The van der Waals surface area contributed by atoms with Gasteiger partial charge in [-0.2, -0.15) is 13.2 Å². The van der Waals surface area contributed by atoms with Crippen molar-refractivity contribution in [3.63, 3.8) is 0 Å². The molecule has 2 N–H and O–H groups in total. The Kier molecular flexibility index (Phi) is 4.36. The molecular weight excluding hydrogens is 293 g/mol. The van der Waals surface area contributed by atoms with Gasteiger partial charge in [-0.1, -0.05) is 6.07 Å². The van der Waals surface area contributed by atoms with Crippen molar-refractivity contribution in [2.24, 2.45) is 0 Å². The molecule has 1 aliphatic heterocycles. The van der Waals surface area contributed by atoms with Gasteiger partial charge in [0.25, 0.3) is 0 Å². The van der Waals surface area contributed by atoms with E-state index in [1.165, 1.54) is 0 Å². The summed E-state index contributed by atoms with van der Waals surface area (Å²) in [6.07, 6.45) is -3.06. The number of rotatable bonds is 3. The maximum Gasteiger partial charge on any atom is 0.416 e. The molecular formula is C12H15F3N2O2S. The Labute approximate surface area is 115 Å². The molecule has 0 amide bonds. The van der Waals surface area contributed by atoms with E-state index in [-0.39, 0.29) is 10.9 Å². The number of nitrogens with one attached hydrogen (secondary N) is 2. The van der Waals surface area contributed by atoms with E-state index in [0.29, 0.717) is 19.0 Å². The molecule has 1 aromatic rings. The molecule has 0 spiro atoms. The molecule has 2 rings (SSSR count). The fourth-order valence-corrected chi connectivity index (χ4v) is 3.40. The van der Waals surface area contributed by atoms with Gasteiger partial charge in [0.1, 0.15) is 0 Å². The lowest BCUT2D eigenvalue weighted by atomic mass is 10.1. The van der Waals surface area contributed by atoms with Crippen LogP contribution in [0.3, 0.4) is 0 Å². The van der Waals surface area contributed by atoms with E-state index in [4.69, 9.17) is 0 Å². The number of piperidine rings is 1. The number of halogens is 3. The van der Waals surface area contributed by atoms with Crippen LogP contribution < -0.4 is 10.0 Å².